The zero-order valence-electron chi connectivity index (χ0n) is 20.6. The molecule has 10 nitrogen and oxygen atoms in total. The van der Waals surface area contributed by atoms with Crippen LogP contribution < -0.4 is 24.5 Å². The fourth-order valence-electron chi connectivity index (χ4n) is 3.32. The van der Waals surface area contributed by atoms with Crippen molar-refractivity contribution in [3.63, 3.8) is 0 Å². The third kappa shape index (κ3) is 8.07. The van der Waals surface area contributed by atoms with Gasteiger partial charge in [0.15, 0.2) is 6.61 Å². The molecule has 37 heavy (non-hydrogen) atoms. The molecule has 3 rings (SSSR count). The Kier molecular flexibility index (Phi) is 9.22. The lowest BCUT2D eigenvalue weighted by molar-refractivity contribution is -0.121. The van der Waals surface area contributed by atoms with Crippen molar-refractivity contribution in [1.29, 1.82) is 0 Å². The van der Waals surface area contributed by atoms with E-state index in [9.17, 15) is 18.0 Å². The summed E-state index contributed by atoms with van der Waals surface area (Å²) in [6, 6.07) is 21.0. The SMILES string of the molecule is COc1ccc(NC(=O)COc2ccc(/C=N\NC(=O)[C@H](C)N(c3ccccc3)S(C)(=O)=O)cc2)cc1. The van der Waals surface area contributed by atoms with Crippen LogP contribution in [0.1, 0.15) is 12.5 Å². The van der Waals surface area contributed by atoms with Gasteiger partial charge in [-0.05, 0) is 73.2 Å². The van der Waals surface area contributed by atoms with Crippen molar-refractivity contribution in [2.75, 3.05) is 29.6 Å². The van der Waals surface area contributed by atoms with Crippen LogP contribution >= 0.6 is 0 Å². The highest BCUT2D eigenvalue weighted by Gasteiger charge is 2.28. The van der Waals surface area contributed by atoms with Gasteiger partial charge in [-0.3, -0.25) is 13.9 Å². The first-order chi connectivity index (χ1) is 17.7. The van der Waals surface area contributed by atoms with Gasteiger partial charge < -0.3 is 14.8 Å². The van der Waals surface area contributed by atoms with Crippen LogP contribution in [0.2, 0.25) is 0 Å². The summed E-state index contributed by atoms with van der Waals surface area (Å²) in [7, 11) is -2.14. The molecule has 0 unspecified atom stereocenters. The lowest BCUT2D eigenvalue weighted by Gasteiger charge is -2.27. The average molecular weight is 525 g/mol. The Labute approximate surface area is 216 Å². The molecule has 0 spiro atoms. The van der Waals surface area contributed by atoms with Gasteiger partial charge in [0.1, 0.15) is 17.5 Å². The van der Waals surface area contributed by atoms with Crippen molar-refractivity contribution >= 4 is 39.4 Å². The molecule has 194 valence electrons. The van der Waals surface area contributed by atoms with Crippen LogP contribution in [0.5, 0.6) is 11.5 Å². The number of ether oxygens (including phenoxy) is 2. The van der Waals surface area contributed by atoms with Crippen molar-refractivity contribution in [3.05, 3.63) is 84.4 Å². The van der Waals surface area contributed by atoms with E-state index in [-0.39, 0.29) is 12.5 Å². The summed E-state index contributed by atoms with van der Waals surface area (Å²) in [4.78, 5) is 24.7. The molecule has 0 heterocycles. The number of carbonyl (C=O) groups is 2. The standard InChI is InChI=1S/C26H28N4O6S/c1-19(30(37(3,33)34)22-7-5-4-6-8-22)26(32)29-27-17-20-9-13-24(14-10-20)36-18-25(31)28-21-11-15-23(35-2)16-12-21/h4-17,19H,18H2,1-3H3,(H,28,31)(H,29,32)/b27-17-/t19-/m0/s1. The molecule has 3 aromatic carbocycles. The predicted octanol–water partition coefficient (Wildman–Crippen LogP) is 3.02. The van der Waals surface area contributed by atoms with E-state index in [1.807, 2.05) is 0 Å². The van der Waals surface area contributed by atoms with Gasteiger partial charge in [-0.2, -0.15) is 5.10 Å². The third-order valence-corrected chi connectivity index (χ3v) is 6.35. The van der Waals surface area contributed by atoms with E-state index in [1.54, 1.807) is 86.0 Å². The Morgan fingerprint density at radius 2 is 1.59 bits per heavy atom. The molecule has 0 bridgehead atoms. The Hall–Kier alpha value is -4.38. The lowest BCUT2D eigenvalue weighted by Crippen LogP contribution is -2.46. The molecule has 0 aliphatic heterocycles. The first-order valence-corrected chi connectivity index (χ1v) is 13.1. The number of methoxy groups -OCH3 is 1. The minimum absolute atomic E-state index is 0.175. The van der Waals surface area contributed by atoms with Crippen molar-refractivity contribution in [2.24, 2.45) is 5.10 Å². The molecule has 0 aromatic heterocycles. The molecule has 0 aliphatic rings. The number of hydrogen-bond acceptors (Lipinski definition) is 7. The number of benzene rings is 3. The number of rotatable bonds is 11. The first-order valence-electron chi connectivity index (χ1n) is 11.2. The summed E-state index contributed by atoms with van der Waals surface area (Å²) < 4.78 is 36.2. The highest BCUT2D eigenvalue weighted by atomic mass is 32.2. The molecule has 2 amide bonds. The van der Waals surface area contributed by atoms with Gasteiger partial charge >= 0.3 is 0 Å². The van der Waals surface area contributed by atoms with Crippen LogP contribution in [0.4, 0.5) is 11.4 Å². The van der Waals surface area contributed by atoms with Gasteiger partial charge in [0.2, 0.25) is 10.0 Å². The molecule has 0 saturated carbocycles. The number of carbonyl (C=O) groups excluding carboxylic acids is 2. The van der Waals surface area contributed by atoms with Crippen molar-refractivity contribution in [2.45, 2.75) is 13.0 Å². The number of hydrazone groups is 1. The van der Waals surface area contributed by atoms with Crippen LogP contribution in [-0.2, 0) is 19.6 Å². The Bertz CT molecular complexity index is 1330. The molecular formula is C26H28N4O6S. The van der Waals surface area contributed by atoms with E-state index in [1.165, 1.54) is 13.1 Å². The Morgan fingerprint density at radius 1 is 0.973 bits per heavy atom. The van der Waals surface area contributed by atoms with Gasteiger partial charge in [-0.15, -0.1) is 0 Å². The van der Waals surface area contributed by atoms with Gasteiger partial charge in [0.05, 0.1) is 25.3 Å². The molecule has 3 aromatic rings. The second-order valence-electron chi connectivity index (χ2n) is 7.94. The molecule has 2 N–H and O–H groups in total. The van der Waals surface area contributed by atoms with E-state index in [2.05, 4.69) is 15.8 Å². The second kappa shape index (κ2) is 12.5. The van der Waals surface area contributed by atoms with Gasteiger partial charge in [-0.1, -0.05) is 18.2 Å². The number of nitrogens with zero attached hydrogens (tertiary/aromatic N) is 2. The molecule has 0 radical (unpaired) electrons. The fourth-order valence-corrected chi connectivity index (χ4v) is 4.49. The molecule has 0 fully saturated rings. The molecule has 11 heteroatoms. The van der Waals surface area contributed by atoms with E-state index in [0.717, 1.165) is 10.6 Å². The summed E-state index contributed by atoms with van der Waals surface area (Å²) in [6.07, 6.45) is 2.46. The zero-order valence-corrected chi connectivity index (χ0v) is 21.4. The maximum atomic E-state index is 12.6. The maximum Gasteiger partial charge on any atom is 0.263 e. The Balaban J connectivity index is 1.51. The molecule has 0 saturated heterocycles. The predicted molar refractivity (Wildman–Crippen MR) is 143 cm³/mol. The normalized spacial score (nSPS) is 12.0. The summed E-state index contributed by atoms with van der Waals surface area (Å²) in [5, 5.41) is 6.65. The van der Waals surface area contributed by atoms with E-state index in [4.69, 9.17) is 9.47 Å². The van der Waals surface area contributed by atoms with Crippen molar-refractivity contribution in [1.82, 2.24) is 5.43 Å². The maximum absolute atomic E-state index is 12.6. The number of amides is 2. The largest absolute Gasteiger partial charge is 0.497 e. The Morgan fingerprint density at radius 3 is 2.19 bits per heavy atom. The summed E-state index contributed by atoms with van der Waals surface area (Å²) >= 11 is 0. The van der Waals surface area contributed by atoms with E-state index < -0.39 is 22.0 Å². The van der Waals surface area contributed by atoms with Crippen molar-refractivity contribution < 1.29 is 27.5 Å². The number of hydrogen-bond donors (Lipinski definition) is 2. The average Bonchev–Trinajstić information content (AvgIpc) is 2.88. The number of para-hydroxylation sites is 1. The minimum Gasteiger partial charge on any atom is -0.497 e. The number of sulfonamides is 1. The molecular weight excluding hydrogens is 496 g/mol. The highest BCUT2D eigenvalue weighted by molar-refractivity contribution is 7.92. The topological polar surface area (TPSA) is 126 Å². The van der Waals surface area contributed by atoms with Crippen molar-refractivity contribution in [3.8, 4) is 11.5 Å². The van der Waals surface area contributed by atoms with Crippen LogP contribution in [0.3, 0.4) is 0 Å². The van der Waals surface area contributed by atoms with Gasteiger partial charge in [0, 0.05) is 5.69 Å². The lowest BCUT2D eigenvalue weighted by atomic mass is 10.2. The number of anilines is 2. The summed E-state index contributed by atoms with van der Waals surface area (Å²) in [6.45, 7) is 1.31. The first kappa shape index (κ1) is 27.2. The van der Waals surface area contributed by atoms with E-state index in [0.29, 0.717) is 28.4 Å². The van der Waals surface area contributed by atoms with Crippen LogP contribution in [0, 0.1) is 0 Å². The van der Waals surface area contributed by atoms with E-state index >= 15 is 0 Å². The summed E-state index contributed by atoms with van der Waals surface area (Å²) in [5.41, 5.74) is 4.03. The number of nitrogens with one attached hydrogen (secondary N) is 2. The second-order valence-corrected chi connectivity index (χ2v) is 9.80. The van der Waals surface area contributed by atoms with Crippen LogP contribution in [0.25, 0.3) is 0 Å². The summed E-state index contributed by atoms with van der Waals surface area (Å²) in [5.74, 6) is 0.265. The smallest absolute Gasteiger partial charge is 0.263 e. The van der Waals surface area contributed by atoms with Crippen LogP contribution in [-0.4, -0.2) is 52.5 Å². The van der Waals surface area contributed by atoms with Gasteiger partial charge in [-0.25, -0.2) is 13.8 Å². The highest BCUT2D eigenvalue weighted by Crippen LogP contribution is 2.20. The monoisotopic (exact) mass is 524 g/mol. The zero-order chi connectivity index (χ0) is 26.8. The quantitative estimate of drug-likeness (QED) is 0.293. The minimum atomic E-state index is -3.70. The molecule has 1 atom stereocenters. The van der Waals surface area contributed by atoms with Gasteiger partial charge in [0.25, 0.3) is 11.8 Å². The fraction of sp³-hybridized carbons (Fsp3) is 0.192. The molecule has 0 aliphatic carbocycles. The van der Waals surface area contributed by atoms with Crippen LogP contribution in [0.15, 0.2) is 84.0 Å². The third-order valence-electron chi connectivity index (χ3n) is 5.11.